The fraction of sp³-hybridized carbons (Fsp3) is 0.476. The zero-order valence-corrected chi connectivity index (χ0v) is 15.8. The number of benzene rings is 1. The van der Waals surface area contributed by atoms with Gasteiger partial charge in [-0.05, 0) is 24.8 Å². The molecule has 2 aliphatic heterocycles. The van der Waals surface area contributed by atoms with Gasteiger partial charge in [-0.2, -0.15) is 0 Å². The summed E-state index contributed by atoms with van der Waals surface area (Å²) in [6.07, 6.45) is 5.94. The van der Waals surface area contributed by atoms with E-state index in [1.807, 2.05) is 35.2 Å². The van der Waals surface area contributed by atoms with E-state index in [4.69, 9.17) is 0 Å². The summed E-state index contributed by atoms with van der Waals surface area (Å²) in [6, 6.07) is 12.1. The molecule has 2 aromatic rings. The van der Waals surface area contributed by atoms with Crippen molar-refractivity contribution in [3.8, 4) is 0 Å². The molecule has 1 aromatic carbocycles. The number of hydrogen-bond acceptors (Lipinski definition) is 5. The van der Waals surface area contributed by atoms with Crippen LogP contribution in [0.4, 0.5) is 11.6 Å². The summed E-state index contributed by atoms with van der Waals surface area (Å²) >= 11 is 0. The van der Waals surface area contributed by atoms with E-state index < -0.39 is 0 Å². The number of carbonyl (C=O) groups excluding carboxylic acids is 1. The van der Waals surface area contributed by atoms with Gasteiger partial charge in [0.05, 0.1) is 6.42 Å². The molecular weight excluding hydrogens is 338 g/mol. The maximum Gasteiger partial charge on any atom is 0.227 e. The minimum Gasteiger partial charge on any atom is -0.356 e. The average Bonchev–Trinajstić information content (AvgIpc) is 2.75. The third-order valence-corrected chi connectivity index (χ3v) is 5.47. The molecule has 0 atom stereocenters. The highest BCUT2D eigenvalue weighted by Crippen LogP contribution is 2.22. The Balaban J connectivity index is 1.34. The summed E-state index contributed by atoms with van der Waals surface area (Å²) in [5, 5.41) is 0. The van der Waals surface area contributed by atoms with Gasteiger partial charge in [0.15, 0.2) is 0 Å². The smallest absolute Gasteiger partial charge is 0.227 e. The van der Waals surface area contributed by atoms with E-state index in [0.717, 1.165) is 56.5 Å². The maximum absolute atomic E-state index is 12.5. The summed E-state index contributed by atoms with van der Waals surface area (Å²) in [5.41, 5.74) is 1.08. The Bertz CT molecular complexity index is 752. The lowest BCUT2D eigenvalue weighted by Gasteiger charge is -2.36. The fourth-order valence-electron chi connectivity index (χ4n) is 3.87. The third-order valence-electron chi connectivity index (χ3n) is 5.47. The number of aromatic nitrogens is 2. The Morgan fingerprint density at radius 2 is 1.44 bits per heavy atom. The molecule has 4 rings (SSSR count). The lowest BCUT2D eigenvalue weighted by atomic mass is 10.1. The van der Waals surface area contributed by atoms with Crippen LogP contribution in [0.2, 0.25) is 0 Å². The van der Waals surface area contributed by atoms with Gasteiger partial charge in [-0.25, -0.2) is 9.97 Å². The van der Waals surface area contributed by atoms with Crippen LogP contribution < -0.4 is 9.80 Å². The molecule has 0 aliphatic carbocycles. The van der Waals surface area contributed by atoms with E-state index in [2.05, 4.69) is 25.8 Å². The first-order valence-corrected chi connectivity index (χ1v) is 9.93. The Labute approximate surface area is 160 Å². The molecule has 2 saturated heterocycles. The number of piperidine rings is 1. The molecule has 0 N–H and O–H groups in total. The van der Waals surface area contributed by atoms with Crippen molar-refractivity contribution < 1.29 is 4.79 Å². The standard InChI is InChI=1S/C21H27N5O/c27-21(15-18-7-3-1-4-8-18)26-13-11-25(12-14-26)20-16-19(22-17-23-20)24-9-5-2-6-10-24/h1,3-4,7-8,16-17H,2,5-6,9-15H2. The van der Waals surface area contributed by atoms with Crippen LogP contribution in [0, 0.1) is 0 Å². The molecule has 1 amide bonds. The van der Waals surface area contributed by atoms with Gasteiger partial charge in [-0.15, -0.1) is 0 Å². The van der Waals surface area contributed by atoms with Crippen LogP contribution in [0.15, 0.2) is 42.7 Å². The number of nitrogens with zero attached hydrogens (tertiary/aromatic N) is 5. The van der Waals surface area contributed by atoms with E-state index in [1.165, 1.54) is 19.3 Å². The molecule has 2 fully saturated rings. The third kappa shape index (κ3) is 4.38. The zero-order valence-electron chi connectivity index (χ0n) is 15.8. The van der Waals surface area contributed by atoms with Crippen LogP contribution in [0.25, 0.3) is 0 Å². The molecule has 0 saturated carbocycles. The lowest BCUT2D eigenvalue weighted by Crippen LogP contribution is -2.49. The first-order chi connectivity index (χ1) is 13.3. The highest BCUT2D eigenvalue weighted by Gasteiger charge is 2.23. The van der Waals surface area contributed by atoms with Crippen molar-refractivity contribution in [2.24, 2.45) is 0 Å². The summed E-state index contributed by atoms with van der Waals surface area (Å²) in [4.78, 5) is 28.1. The summed E-state index contributed by atoms with van der Waals surface area (Å²) in [7, 11) is 0. The quantitative estimate of drug-likeness (QED) is 0.833. The molecule has 0 bridgehead atoms. The average molecular weight is 365 g/mol. The van der Waals surface area contributed by atoms with Crippen molar-refractivity contribution >= 4 is 17.5 Å². The monoisotopic (exact) mass is 365 g/mol. The molecule has 142 valence electrons. The van der Waals surface area contributed by atoms with Gasteiger partial charge in [0.1, 0.15) is 18.0 Å². The van der Waals surface area contributed by atoms with Crippen LogP contribution in [0.3, 0.4) is 0 Å². The van der Waals surface area contributed by atoms with Crippen LogP contribution >= 0.6 is 0 Å². The minimum atomic E-state index is 0.206. The number of rotatable bonds is 4. The van der Waals surface area contributed by atoms with Gasteiger partial charge < -0.3 is 14.7 Å². The van der Waals surface area contributed by atoms with Gasteiger partial charge in [0.2, 0.25) is 5.91 Å². The van der Waals surface area contributed by atoms with E-state index in [-0.39, 0.29) is 5.91 Å². The van der Waals surface area contributed by atoms with Crippen molar-refractivity contribution in [1.82, 2.24) is 14.9 Å². The topological polar surface area (TPSA) is 52.6 Å². The highest BCUT2D eigenvalue weighted by molar-refractivity contribution is 5.79. The van der Waals surface area contributed by atoms with Crippen molar-refractivity contribution in [2.75, 3.05) is 49.1 Å². The molecule has 0 radical (unpaired) electrons. The Morgan fingerprint density at radius 1 is 0.815 bits per heavy atom. The molecule has 0 spiro atoms. The first kappa shape index (κ1) is 17.8. The number of anilines is 2. The van der Waals surface area contributed by atoms with Crippen molar-refractivity contribution in [1.29, 1.82) is 0 Å². The number of amides is 1. The normalized spacial score (nSPS) is 17.9. The number of hydrogen-bond donors (Lipinski definition) is 0. The van der Waals surface area contributed by atoms with Gasteiger partial charge in [-0.1, -0.05) is 30.3 Å². The number of carbonyl (C=O) groups is 1. The molecule has 27 heavy (non-hydrogen) atoms. The van der Waals surface area contributed by atoms with Gasteiger partial charge in [0, 0.05) is 45.3 Å². The number of piperazine rings is 1. The fourth-order valence-corrected chi connectivity index (χ4v) is 3.87. The molecule has 6 nitrogen and oxygen atoms in total. The summed E-state index contributed by atoms with van der Waals surface area (Å²) in [6.45, 7) is 5.29. The van der Waals surface area contributed by atoms with Crippen molar-refractivity contribution in [2.45, 2.75) is 25.7 Å². The van der Waals surface area contributed by atoms with Gasteiger partial charge in [0.25, 0.3) is 0 Å². The second-order valence-corrected chi connectivity index (χ2v) is 7.31. The van der Waals surface area contributed by atoms with Crippen LogP contribution in [-0.2, 0) is 11.2 Å². The Kier molecular flexibility index (Phi) is 5.51. The molecule has 1 aromatic heterocycles. The highest BCUT2D eigenvalue weighted by atomic mass is 16.2. The van der Waals surface area contributed by atoms with Crippen molar-refractivity contribution in [3.63, 3.8) is 0 Å². The molecular formula is C21H27N5O. The predicted octanol–water partition coefficient (Wildman–Crippen LogP) is 2.36. The lowest BCUT2D eigenvalue weighted by molar-refractivity contribution is -0.130. The zero-order chi connectivity index (χ0) is 18.5. The second kappa shape index (κ2) is 8.37. The van der Waals surface area contributed by atoms with Crippen LogP contribution in [-0.4, -0.2) is 60.0 Å². The molecule has 3 heterocycles. The predicted molar refractivity (Wildman–Crippen MR) is 107 cm³/mol. The van der Waals surface area contributed by atoms with E-state index in [0.29, 0.717) is 6.42 Å². The Morgan fingerprint density at radius 3 is 2.11 bits per heavy atom. The molecule has 0 unspecified atom stereocenters. The molecule has 6 heteroatoms. The minimum absolute atomic E-state index is 0.206. The largest absolute Gasteiger partial charge is 0.356 e. The van der Waals surface area contributed by atoms with Crippen molar-refractivity contribution in [3.05, 3.63) is 48.3 Å². The second-order valence-electron chi connectivity index (χ2n) is 7.31. The maximum atomic E-state index is 12.5. The van der Waals surface area contributed by atoms with E-state index >= 15 is 0 Å². The summed E-state index contributed by atoms with van der Waals surface area (Å²) in [5.74, 6) is 2.21. The first-order valence-electron chi connectivity index (χ1n) is 9.93. The molecule has 2 aliphatic rings. The van der Waals surface area contributed by atoms with Crippen LogP contribution in [0.5, 0.6) is 0 Å². The van der Waals surface area contributed by atoms with Crippen LogP contribution in [0.1, 0.15) is 24.8 Å². The van der Waals surface area contributed by atoms with Gasteiger partial charge in [-0.3, -0.25) is 4.79 Å². The van der Waals surface area contributed by atoms with Gasteiger partial charge >= 0.3 is 0 Å². The van der Waals surface area contributed by atoms with E-state index in [9.17, 15) is 4.79 Å². The van der Waals surface area contributed by atoms with E-state index in [1.54, 1.807) is 6.33 Å². The summed E-state index contributed by atoms with van der Waals surface area (Å²) < 4.78 is 0. The Hall–Kier alpha value is -2.63. The SMILES string of the molecule is O=C(Cc1ccccc1)N1CCN(c2cc(N3CCCCC3)ncn2)CC1.